The van der Waals surface area contributed by atoms with Gasteiger partial charge in [0.15, 0.2) is 0 Å². The van der Waals surface area contributed by atoms with E-state index in [1.807, 2.05) is 6.08 Å². The van der Waals surface area contributed by atoms with Crippen LogP contribution in [0.3, 0.4) is 0 Å². The van der Waals surface area contributed by atoms with Crippen LogP contribution in [0.15, 0.2) is 48.6 Å². The van der Waals surface area contributed by atoms with Gasteiger partial charge in [-0.1, -0.05) is 24.3 Å². The molecule has 2 N–H and O–H groups in total. The molecule has 2 saturated heterocycles. The number of rotatable bonds is 4. The molecule has 1 aromatic carbocycles. The molecule has 0 unspecified atom stereocenters. The maximum Gasteiger partial charge on any atom is 0.313 e. The van der Waals surface area contributed by atoms with Crippen molar-refractivity contribution < 1.29 is 38.5 Å². The average Bonchev–Trinajstić information content (AvgIpc) is 3.60. The van der Waals surface area contributed by atoms with Crippen molar-refractivity contribution in [2.75, 3.05) is 31.7 Å². The molecule has 3 amide bonds. The van der Waals surface area contributed by atoms with E-state index in [-0.39, 0.29) is 32.0 Å². The number of hydrogen-bond donors (Lipinski definition) is 2. The number of esters is 1. The highest BCUT2D eigenvalue weighted by atomic mass is 16.6. The SMILES string of the molecule is COc1ccc(N2C/C=C\CCC(=O)NC[C@H](C)OC(=O)[C@@H]3[C@H]4C(=O)N([C@H](C)CO)[C@H](C2=O)[C@]42C=C[C@H]3O2)cc1. The molecular weight excluding hydrogens is 518 g/mol. The zero-order valence-electron chi connectivity index (χ0n) is 22.8. The fraction of sp³-hybridized carbons (Fsp3) is 0.517. The number of aliphatic hydroxyl groups excluding tert-OH is 1. The summed E-state index contributed by atoms with van der Waals surface area (Å²) in [6.07, 6.45) is 6.38. The number of benzene rings is 1. The van der Waals surface area contributed by atoms with Crippen LogP contribution >= 0.6 is 0 Å². The van der Waals surface area contributed by atoms with E-state index in [2.05, 4.69) is 5.32 Å². The maximum absolute atomic E-state index is 14.5. The van der Waals surface area contributed by atoms with E-state index in [1.54, 1.807) is 68.4 Å². The second kappa shape index (κ2) is 11.1. The summed E-state index contributed by atoms with van der Waals surface area (Å²) in [5.74, 6) is -3.02. The van der Waals surface area contributed by atoms with Gasteiger partial charge in [0.25, 0.3) is 5.91 Å². The van der Waals surface area contributed by atoms with Crippen molar-refractivity contribution in [3.05, 3.63) is 48.6 Å². The topological polar surface area (TPSA) is 135 Å². The summed E-state index contributed by atoms with van der Waals surface area (Å²) in [4.78, 5) is 57.2. The second-order valence-corrected chi connectivity index (χ2v) is 10.7. The summed E-state index contributed by atoms with van der Waals surface area (Å²) in [7, 11) is 1.55. The Morgan fingerprint density at radius 1 is 1.15 bits per heavy atom. The molecule has 0 radical (unpaired) electrons. The van der Waals surface area contributed by atoms with Gasteiger partial charge in [-0.05, 0) is 44.5 Å². The molecule has 2 fully saturated rings. The first kappa shape index (κ1) is 27.9. The fourth-order valence-corrected chi connectivity index (χ4v) is 6.13. The Morgan fingerprint density at radius 2 is 1.90 bits per heavy atom. The van der Waals surface area contributed by atoms with Crippen molar-refractivity contribution in [3.63, 3.8) is 0 Å². The van der Waals surface area contributed by atoms with E-state index in [1.165, 1.54) is 4.90 Å². The first-order valence-corrected chi connectivity index (χ1v) is 13.6. The second-order valence-electron chi connectivity index (χ2n) is 10.7. The predicted molar refractivity (Wildman–Crippen MR) is 143 cm³/mol. The Hall–Kier alpha value is -3.70. The van der Waals surface area contributed by atoms with Crippen LogP contribution < -0.4 is 15.0 Å². The molecule has 11 nitrogen and oxygen atoms in total. The van der Waals surface area contributed by atoms with Crippen LogP contribution in [-0.2, 0) is 28.7 Å². The predicted octanol–water partition coefficient (Wildman–Crippen LogP) is 0.958. The summed E-state index contributed by atoms with van der Waals surface area (Å²) >= 11 is 0. The Bertz CT molecular complexity index is 1230. The van der Waals surface area contributed by atoms with E-state index >= 15 is 0 Å². The number of fused-ring (bicyclic) bond motifs is 2. The quantitative estimate of drug-likeness (QED) is 0.416. The lowest BCUT2D eigenvalue weighted by molar-refractivity contribution is -0.158. The lowest BCUT2D eigenvalue weighted by Crippen LogP contribution is -2.58. The van der Waals surface area contributed by atoms with E-state index in [0.29, 0.717) is 17.9 Å². The molecule has 5 bridgehead atoms. The number of allylic oxidation sites excluding steroid dienone is 1. The molecule has 7 atom stereocenters. The molecule has 40 heavy (non-hydrogen) atoms. The van der Waals surface area contributed by atoms with Crippen LogP contribution in [-0.4, -0.2) is 90.4 Å². The smallest absolute Gasteiger partial charge is 0.313 e. The summed E-state index contributed by atoms with van der Waals surface area (Å²) < 4.78 is 17.3. The molecular formula is C29H35N3O8. The highest BCUT2D eigenvalue weighted by Gasteiger charge is 2.74. The third-order valence-corrected chi connectivity index (χ3v) is 8.10. The van der Waals surface area contributed by atoms with Gasteiger partial charge in [0.05, 0.1) is 38.3 Å². The number of likely N-dealkylation sites (tertiary alicyclic amines) is 1. The minimum Gasteiger partial charge on any atom is -0.497 e. The molecule has 1 spiro atoms. The zero-order chi connectivity index (χ0) is 28.6. The molecule has 0 aromatic heterocycles. The van der Waals surface area contributed by atoms with Gasteiger partial charge >= 0.3 is 5.97 Å². The Morgan fingerprint density at radius 3 is 2.60 bits per heavy atom. The molecule has 11 heteroatoms. The number of carbonyl (C=O) groups is 4. The number of carbonyl (C=O) groups excluding carboxylic acids is 4. The van der Waals surface area contributed by atoms with E-state index in [4.69, 9.17) is 14.2 Å². The maximum atomic E-state index is 14.5. The van der Waals surface area contributed by atoms with Gasteiger partial charge in [0.2, 0.25) is 11.8 Å². The lowest BCUT2D eigenvalue weighted by atomic mass is 9.74. The van der Waals surface area contributed by atoms with Crippen molar-refractivity contribution in [1.82, 2.24) is 10.2 Å². The first-order valence-electron chi connectivity index (χ1n) is 13.6. The van der Waals surface area contributed by atoms with Crippen molar-refractivity contribution in [2.45, 2.75) is 56.6 Å². The standard InChI is InChI=1S/C29H35N3O8/c1-17(16-33)32-25-27(36)31(19-8-10-20(38-3)11-9-19)14-6-4-5-7-22(34)30-15-18(2)39-28(37)23-21-12-13-29(25,40-21)24(23)26(32)35/h4,6,8-13,17-18,21,23-25,33H,5,7,14-16H2,1-3H3,(H,30,34)/b6-4-/t17-,18+,21-,23+,24+,25-,29+/m1/s1. The lowest BCUT2D eigenvalue weighted by Gasteiger charge is -2.37. The largest absolute Gasteiger partial charge is 0.497 e. The molecule has 4 heterocycles. The monoisotopic (exact) mass is 553 g/mol. The van der Waals surface area contributed by atoms with Crippen LogP contribution in [0.2, 0.25) is 0 Å². The molecule has 0 aliphatic carbocycles. The van der Waals surface area contributed by atoms with Gasteiger partial charge in [-0.2, -0.15) is 0 Å². The summed E-state index contributed by atoms with van der Waals surface area (Å²) in [6.45, 7) is 3.25. The van der Waals surface area contributed by atoms with Crippen molar-refractivity contribution in [3.8, 4) is 5.75 Å². The van der Waals surface area contributed by atoms with E-state index in [0.717, 1.165) is 0 Å². The summed E-state index contributed by atoms with van der Waals surface area (Å²) in [5.41, 5.74) is -0.831. The molecule has 214 valence electrons. The highest BCUT2D eigenvalue weighted by Crippen LogP contribution is 2.56. The molecule has 0 saturated carbocycles. The average molecular weight is 554 g/mol. The zero-order valence-corrected chi connectivity index (χ0v) is 22.8. The van der Waals surface area contributed by atoms with Crippen LogP contribution in [0.25, 0.3) is 0 Å². The minimum absolute atomic E-state index is 0.131. The first-order chi connectivity index (χ1) is 19.2. The minimum atomic E-state index is -1.40. The van der Waals surface area contributed by atoms with Crippen molar-refractivity contribution >= 4 is 29.4 Å². The number of ether oxygens (including phenoxy) is 3. The van der Waals surface area contributed by atoms with Crippen molar-refractivity contribution in [2.24, 2.45) is 11.8 Å². The van der Waals surface area contributed by atoms with Gasteiger partial charge in [-0.25, -0.2) is 0 Å². The molecule has 1 aromatic rings. The summed E-state index contributed by atoms with van der Waals surface area (Å²) in [6, 6.07) is 5.13. The van der Waals surface area contributed by atoms with Crippen LogP contribution in [0, 0.1) is 11.8 Å². The number of anilines is 1. The van der Waals surface area contributed by atoms with Crippen LogP contribution in [0.1, 0.15) is 26.7 Å². The normalized spacial score (nSPS) is 34.0. The Balaban J connectivity index is 1.60. The van der Waals surface area contributed by atoms with Crippen LogP contribution in [0.5, 0.6) is 5.75 Å². The third-order valence-electron chi connectivity index (χ3n) is 8.10. The van der Waals surface area contributed by atoms with E-state index in [9.17, 15) is 24.3 Å². The number of nitrogens with zero attached hydrogens (tertiary/aromatic N) is 2. The Kier molecular flexibility index (Phi) is 7.70. The number of amides is 3. The highest BCUT2D eigenvalue weighted by molar-refractivity contribution is 6.05. The van der Waals surface area contributed by atoms with Gasteiger partial charge in [-0.3, -0.25) is 19.2 Å². The number of hydrogen-bond acceptors (Lipinski definition) is 8. The van der Waals surface area contributed by atoms with Crippen LogP contribution in [0.4, 0.5) is 5.69 Å². The van der Waals surface area contributed by atoms with Gasteiger partial charge in [0, 0.05) is 18.7 Å². The fourth-order valence-electron chi connectivity index (χ4n) is 6.13. The number of nitrogens with one attached hydrogen (secondary N) is 1. The molecule has 5 rings (SSSR count). The van der Waals surface area contributed by atoms with E-state index < -0.39 is 59.5 Å². The van der Waals surface area contributed by atoms with Gasteiger partial charge in [0.1, 0.15) is 29.4 Å². The van der Waals surface area contributed by atoms with Gasteiger partial charge in [-0.15, -0.1) is 0 Å². The number of aliphatic hydroxyl groups is 1. The van der Waals surface area contributed by atoms with Crippen molar-refractivity contribution in [1.29, 1.82) is 0 Å². The molecule has 4 aliphatic heterocycles. The van der Waals surface area contributed by atoms with Gasteiger partial charge < -0.3 is 34.4 Å². The summed E-state index contributed by atoms with van der Waals surface area (Å²) in [5, 5.41) is 12.9. The molecule has 4 aliphatic rings. The number of cyclic esters (lactones) is 1. The third kappa shape index (κ3) is 4.66. The number of methoxy groups -OCH3 is 1. The Labute approximate surface area is 232 Å².